The highest BCUT2D eigenvalue weighted by Gasteiger charge is 2.29. The Kier molecular flexibility index (Phi) is 5.79. The van der Waals surface area contributed by atoms with Crippen molar-refractivity contribution < 1.29 is 4.79 Å². The van der Waals surface area contributed by atoms with E-state index >= 15 is 0 Å². The maximum atomic E-state index is 13.2. The first-order valence-electron chi connectivity index (χ1n) is 9.98. The highest BCUT2D eigenvalue weighted by atomic mass is 35.5. The van der Waals surface area contributed by atoms with Crippen LogP contribution in [0.3, 0.4) is 0 Å². The number of nitrogens with one attached hydrogen (secondary N) is 1. The second kappa shape index (κ2) is 8.47. The molecule has 1 N–H and O–H groups in total. The van der Waals surface area contributed by atoms with Crippen molar-refractivity contribution in [2.45, 2.75) is 25.7 Å². The van der Waals surface area contributed by atoms with E-state index in [1.54, 1.807) is 10.9 Å². The summed E-state index contributed by atoms with van der Waals surface area (Å²) in [5.41, 5.74) is 4.27. The van der Waals surface area contributed by atoms with Crippen LogP contribution in [0.15, 0.2) is 48.7 Å². The third-order valence-corrected chi connectivity index (χ3v) is 5.97. The van der Waals surface area contributed by atoms with Crippen LogP contribution in [-0.2, 0) is 7.05 Å². The number of rotatable bonds is 5. The van der Waals surface area contributed by atoms with E-state index in [1.807, 2.05) is 32.2 Å². The molecule has 150 valence electrons. The van der Waals surface area contributed by atoms with Gasteiger partial charge in [0.15, 0.2) is 5.78 Å². The minimum Gasteiger partial charge on any atom is -0.316 e. The Hall–Kier alpha value is -2.50. The molecule has 1 fully saturated rings. The molecule has 0 amide bonds. The molecule has 0 spiro atoms. The first-order valence-corrected chi connectivity index (χ1v) is 10.4. The molecule has 2 atom stereocenters. The van der Waals surface area contributed by atoms with Crippen molar-refractivity contribution in [3.05, 3.63) is 70.6 Å². The van der Waals surface area contributed by atoms with Gasteiger partial charge in [0.2, 0.25) is 0 Å². The van der Waals surface area contributed by atoms with E-state index in [4.69, 9.17) is 11.6 Å². The van der Waals surface area contributed by atoms with Gasteiger partial charge >= 0.3 is 0 Å². The third-order valence-electron chi connectivity index (χ3n) is 5.69. The molecule has 3 heterocycles. The lowest BCUT2D eigenvalue weighted by atomic mass is 9.78. The molecule has 0 radical (unpaired) electrons. The van der Waals surface area contributed by atoms with E-state index in [9.17, 15) is 4.79 Å². The number of hydrogen-bond donors (Lipinski definition) is 1. The van der Waals surface area contributed by atoms with Crippen LogP contribution in [0.4, 0.5) is 0 Å². The molecule has 2 aromatic heterocycles. The second-order valence-electron chi connectivity index (χ2n) is 7.74. The molecule has 1 saturated heterocycles. The number of piperidine rings is 1. The first kappa shape index (κ1) is 19.8. The molecule has 29 heavy (non-hydrogen) atoms. The normalized spacial score (nSPS) is 19.3. The van der Waals surface area contributed by atoms with Crippen LogP contribution in [0.5, 0.6) is 0 Å². The van der Waals surface area contributed by atoms with Crippen LogP contribution in [0.25, 0.3) is 11.3 Å². The zero-order chi connectivity index (χ0) is 20.4. The number of aromatic nitrogens is 3. The van der Waals surface area contributed by atoms with Crippen LogP contribution in [0.1, 0.15) is 40.5 Å². The zero-order valence-corrected chi connectivity index (χ0v) is 17.5. The predicted octanol–water partition coefficient (Wildman–Crippen LogP) is 4.41. The van der Waals surface area contributed by atoms with Crippen LogP contribution in [-0.4, -0.2) is 33.6 Å². The minimum atomic E-state index is 0.0721. The number of benzene rings is 1. The lowest BCUT2D eigenvalue weighted by molar-refractivity contribution is 0.0941. The van der Waals surface area contributed by atoms with Gasteiger partial charge in [-0.2, -0.15) is 5.10 Å². The topological polar surface area (TPSA) is 59.8 Å². The number of ketones is 1. The molecule has 1 aromatic carbocycles. The molecule has 1 aliphatic rings. The van der Waals surface area contributed by atoms with Gasteiger partial charge in [-0.1, -0.05) is 41.9 Å². The van der Waals surface area contributed by atoms with Gasteiger partial charge in [0, 0.05) is 24.7 Å². The maximum Gasteiger partial charge on any atom is 0.181 e. The summed E-state index contributed by atoms with van der Waals surface area (Å²) >= 11 is 6.31. The summed E-state index contributed by atoms with van der Waals surface area (Å²) in [6.45, 7) is 3.73. The number of halogens is 1. The molecule has 0 aliphatic carbocycles. The van der Waals surface area contributed by atoms with E-state index in [1.165, 1.54) is 5.56 Å². The van der Waals surface area contributed by atoms with Crippen molar-refractivity contribution in [3.63, 3.8) is 0 Å². The second-order valence-corrected chi connectivity index (χ2v) is 8.15. The number of Topliss-reactive ketones (excluding diaryl/α,β-unsaturated/α-hetero) is 1. The monoisotopic (exact) mass is 408 g/mol. The Labute approximate surface area is 176 Å². The highest BCUT2D eigenvalue weighted by molar-refractivity contribution is 6.33. The van der Waals surface area contributed by atoms with Crippen molar-refractivity contribution in [2.24, 2.45) is 13.0 Å². The number of hydrogen-bond acceptors (Lipinski definition) is 4. The summed E-state index contributed by atoms with van der Waals surface area (Å²) in [5.74, 6) is 0.713. The standard InChI is InChI=1S/C23H25ClN4O/c1-15-10-17(23-20(24)14-26-28(23)2)11-21(27-15)22(29)12-18-13-25-9-8-19(18)16-6-4-3-5-7-16/h3-7,10-11,14,18-19,25H,8-9,12-13H2,1-2H3/t18-,19+/m0/s1. The number of nitrogens with zero attached hydrogens (tertiary/aromatic N) is 3. The molecular weight excluding hydrogens is 384 g/mol. The first-order chi connectivity index (χ1) is 14.0. The molecule has 0 unspecified atom stereocenters. The summed E-state index contributed by atoms with van der Waals surface area (Å²) in [6, 6.07) is 14.3. The average molecular weight is 409 g/mol. The lowest BCUT2D eigenvalue weighted by Crippen LogP contribution is -2.36. The quantitative estimate of drug-likeness (QED) is 0.635. The largest absolute Gasteiger partial charge is 0.316 e. The van der Waals surface area contributed by atoms with Crippen LogP contribution < -0.4 is 5.32 Å². The van der Waals surface area contributed by atoms with Crippen molar-refractivity contribution in [1.29, 1.82) is 0 Å². The SMILES string of the molecule is Cc1cc(-c2c(Cl)cnn2C)cc(C(=O)C[C@H]2CNCC[C@@H]2c2ccccc2)n1. The third kappa shape index (κ3) is 4.26. The molecule has 4 rings (SSSR count). The Morgan fingerprint density at radius 2 is 2.07 bits per heavy atom. The smallest absolute Gasteiger partial charge is 0.181 e. The van der Waals surface area contributed by atoms with Crippen molar-refractivity contribution in [1.82, 2.24) is 20.1 Å². The zero-order valence-electron chi connectivity index (χ0n) is 16.7. The van der Waals surface area contributed by atoms with Gasteiger partial charge in [-0.25, -0.2) is 4.98 Å². The summed E-state index contributed by atoms with van der Waals surface area (Å²) < 4.78 is 1.72. The van der Waals surface area contributed by atoms with Gasteiger partial charge in [-0.05, 0) is 56.0 Å². The molecule has 0 bridgehead atoms. The number of carbonyl (C=O) groups excluding carboxylic acids is 1. The minimum absolute atomic E-state index is 0.0721. The molecule has 0 saturated carbocycles. The van der Waals surface area contributed by atoms with Crippen molar-refractivity contribution in [2.75, 3.05) is 13.1 Å². The summed E-state index contributed by atoms with van der Waals surface area (Å²) in [6.07, 6.45) is 3.13. The Balaban J connectivity index is 1.59. The van der Waals surface area contributed by atoms with Gasteiger partial charge in [-0.3, -0.25) is 9.48 Å². The average Bonchev–Trinajstić information content (AvgIpc) is 3.06. The van der Waals surface area contributed by atoms with Crippen molar-refractivity contribution in [3.8, 4) is 11.3 Å². The van der Waals surface area contributed by atoms with Crippen molar-refractivity contribution >= 4 is 17.4 Å². The summed E-state index contributed by atoms with van der Waals surface area (Å²) in [7, 11) is 1.84. The Morgan fingerprint density at radius 1 is 1.28 bits per heavy atom. The fraction of sp³-hybridized carbons (Fsp3) is 0.348. The number of pyridine rings is 1. The Bertz CT molecular complexity index is 995. The van der Waals surface area contributed by atoms with E-state index < -0.39 is 0 Å². The molecule has 6 heteroatoms. The number of aryl methyl sites for hydroxylation is 2. The van der Waals surface area contributed by atoms with Crippen LogP contribution in [0.2, 0.25) is 5.02 Å². The fourth-order valence-corrected chi connectivity index (χ4v) is 4.58. The number of carbonyl (C=O) groups is 1. The lowest BCUT2D eigenvalue weighted by Gasteiger charge is -2.32. The molecule has 3 aromatic rings. The van der Waals surface area contributed by atoms with Gasteiger partial charge in [0.1, 0.15) is 5.69 Å². The van der Waals surface area contributed by atoms with Crippen LogP contribution >= 0.6 is 11.6 Å². The van der Waals surface area contributed by atoms with Gasteiger partial charge < -0.3 is 5.32 Å². The van der Waals surface area contributed by atoms with E-state index in [0.29, 0.717) is 23.1 Å². The molecule has 1 aliphatic heterocycles. The highest BCUT2D eigenvalue weighted by Crippen LogP contribution is 2.34. The van der Waals surface area contributed by atoms with Gasteiger partial charge in [-0.15, -0.1) is 0 Å². The predicted molar refractivity (Wildman–Crippen MR) is 115 cm³/mol. The van der Waals surface area contributed by atoms with E-state index in [-0.39, 0.29) is 11.7 Å². The molecular formula is C23H25ClN4O. The van der Waals surface area contributed by atoms with E-state index in [2.05, 4.69) is 39.7 Å². The Morgan fingerprint density at radius 3 is 2.79 bits per heavy atom. The fourth-order valence-electron chi connectivity index (χ4n) is 4.30. The van der Waals surface area contributed by atoms with Crippen LogP contribution in [0, 0.1) is 12.8 Å². The van der Waals surface area contributed by atoms with E-state index in [0.717, 1.165) is 36.5 Å². The maximum absolute atomic E-state index is 13.2. The molecule has 5 nitrogen and oxygen atoms in total. The van der Waals surface area contributed by atoms with Gasteiger partial charge in [0.25, 0.3) is 0 Å². The van der Waals surface area contributed by atoms with Gasteiger partial charge in [0.05, 0.1) is 16.9 Å². The summed E-state index contributed by atoms with van der Waals surface area (Å²) in [4.78, 5) is 17.7. The summed E-state index contributed by atoms with van der Waals surface area (Å²) in [5, 5.41) is 8.22.